The fourth-order valence-corrected chi connectivity index (χ4v) is 3.22. The molecule has 1 heterocycles. The molecule has 1 aliphatic rings. The van der Waals surface area contributed by atoms with E-state index < -0.39 is 0 Å². The van der Waals surface area contributed by atoms with Crippen molar-refractivity contribution in [3.63, 3.8) is 0 Å². The molecule has 0 aliphatic carbocycles. The summed E-state index contributed by atoms with van der Waals surface area (Å²) < 4.78 is 0. The lowest BCUT2D eigenvalue weighted by atomic mass is 9.90. The third-order valence-corrected chi connectivity index (χ3v) is 4.52. The van der Waals surface area contributed by atoms with Crippen LogP contribution in [0.4, 0.5) is 0 Å². The Labute approximate surface area is 125 Å². The van der Waals surface area contributed by atoms with Crippen molar-refractivity contribution < 1.29 is 4.79 Å². The van der Waals surface area contributed by atoms with Crippen molar-refractivity contribution in [1.29, 1.82) is 0 Å². The molecular weight excluding hydrogens is 268 g/mol. The molecule has 2 atom stereocenters. The average molecular weight is 292 g/mol. The maximum absolute atomic E-state index is 12.2. The molecule has 2 unspecified atom stereocenters. The van der Waals surface area contributed by atoms with Crippen molar-refractivity contribution in [2.75, 3.05) is 12.8 Å². The molecule has 3 nitrogen and oxygen atoms in total. The van der Waals surface area contributed by atoms with Gasteiger partial charge in [-0.3, -0.25) is 4.79 Å². The van der Waals surface area contributed by atoms with Crippen LogP contribution in [0.5, 0.6) is 0 Å². The molecule has 1 saturated heterocycles. The standard InChI is InChI=1S/C16H24N2OS/c1-11(2)10-18-15(19)9-8-14(17)16(18)12-4-6-13(20-3)7-5-12/h4-7,11,14,16H,8-10,17H2,1-3H3. The Morgan fingerprint density at radius 1 is 1.35 bits per heavy atom. The first-order chi connectivity index (χ1) is 9.52. The molecule has 1 amide bonds. The predicted molar refractivity (Wildman–Crippen MR) is 84.7 cm³/mol. The van der Waals surface area contributed by atoms with Crippen LogP contribution < -0.4 is 5.73 Å². The molecule has 0 saturated carbocycles. The maximum atomic E-state index is 12.2. The number of hydrogen-bond acceptors (Lipinski definition) is 3. The van der Waals surface area contributed by atoms with E-state index in [4.69, 9.17) is 5.73 Å². The summed E-state index contributed by atoms with van der Waals surface area (Å²) in [5.74, 6) is 0.691. The summed E-state index contributed by atoms with van der Waals surface area (Å²) in [7, 11) is 0. The molecule has 2 rings (SSSR count). The molecule has 0 radical (unpaired) electrons. The lowest BCUT2D eigenvalue weighted by molar-refractivity contribution is -0.138. The zero-order valence-corrected chi connectivity index (χ0v) is 13.3. The van der Waals surface area contributed by atoms with Gasteiger partial charge in [0, 0.05) is 23.9 Å². The minimum atomic E-state index is 0.0227. The monoisotopic (exact) mass is 292 g/mol. The number of benzene rings is 1. The van der Waals surface area contributed by atoms with E-state index in [0.717, 1.165) is 18.5 Å². The summed E-state index contributed by atoms with van der Waals surface area (Å²) in [5.41, 5.74) is 7.47. The van der Waals surface area contributed by atoms with E-state index in [0.29, 0.717) is 12.3 Å². The third-order valence-electron chi connectivity index (χ3n) is 3.77. The van der Waals surface area contributed by atoms with Gasteiger partial charge in [0.2, 0.25) is 5.91 Å². The predicted octanol–water partition coefficient (Wildman–Crippen LogP) is 3.06. The van der Waals surface area contributed by atoms with Crippen molar-refractivity contribution in [1.82, 2.24) is 4.90 Å². The van der Waals surface area contributed by atoms with E-state index in [-0.39, 0.29) is 18.0 Å². The van der Waals surface area contributed by atoms with E-state index in [9.17, 15) is 4.79 Å². The maximum Gasteiger partial charge on any atom is 0.223 e. The van der Waals surface area contributed by atoms with Gasteiger partial charge in [-0.2, -0.15) is 0 Å². The summed E-state index contributed by atoms with van der Waals surface area (Å²) in [6.07, 6.45) is 3.42. The summed E-state index contributed by atoms with van der Waals surface area (Å²) in [5, 5.41) is 0. The van der Waals surface area contributed by atoms with Gasteiger partial charge < -0.3 is 10.6 Å². The van der Waals surface area contributed by atoms with Crippen LogP contribution in [0.25, 0.3) is 0 Å². The van der Waals surface area contributed by atoms with Gasteiger partial charge in [0.25, 0.3) is 0 Å². The number of nitrogens with two attached hydrogens (primary N) is 1. The first kappa shape index (κ1) is 15.4. The molecule has 2 N–H and O–H groups in total. The third kappa shape index (κ3) is 3.36. The van der Waals surface area contributed by atoms with Gasteiger partial charge in [-0.1, -0.05) is 26.0 Å². The average Bonchev–Trinajstić information content (AvgIpc) is 2.43. The Balaban J connectivity index is 2.28. The molecule has 1 fully saturated rings. The van der Waals surface area contributed by atoms with E-state index in [1.807, 2.05) is 4.90 Å². The number of rotatable bonds is 4. The van der Waals surface area contributed by atoms with Gasteiger partial charge >= 0.3 is 0 Å². The van der Waals surface area contributed by atoms with Gasteiger partial charge in [0.1, 0.15) is 0 Å². The number of carbonyl (C=O) groups is 1. The number of nitrogens with zero attached hydrogens (tertiary/aromatic N) is 1. The highest BCUT2D eigenvalue weighted by atomic mass is 32.2. The Bertz CT molecular complexity index is 458. The van der Waals surface area contributed by atoms with Crippen molar-refractivity contribution in [3.05, 3.63) is 29.8 Å². The number of amides is 1. The van der Waals surface area contributed by atoms with Crippen LogP contribution in [-0.2, 0) is 4.79 Å². The van der Waals surface area contributed by atoms with Crippen molar-refractivity contribution in [2.45, 2.75) is 43.7 Å². The number of hydrogen-bond donors (Lipinski definition) is 1. The Hall–Kier alpha value is -1.00. The second kappa shape index (κ2) is 6.64. The Morgan fingerprint density at radius 3 is 2.55 bits per heavy atom. The molecule has 0 aromatic heterocycles. The van der Waals surface area contributed by atoms with Gasteiger partial charge in [0.05, 0.1) is 6.04 Å². The molecule has 4 heteroatoms. The zero-order chi connectivity index (χ0) is 14.7. The van der Waals surface area contributed by atoms with Crippen LogP contribution in [0.2, 0.25) is 0 Å². The Kier molecular flexibility index (Phi) is 5.11. The quantitative estimate of drug-likeness (QED) is 0.868. The highest BCUT2D eigenvalue weighted by Crippen LogP contribution is 2.32. The SMILES string of the molecule is CSc1ccc(C2C(N)CCC(=O)N2CC(C)C)cc1. The van der Waals surface area contributed by atoms with Crippen molar-refractivity contribution in [3.8, 4) is 0 Å². The number of likely N-dealkylation sites (tertiary alicyclic amines) is 1. The highest BCUT2D eigenvalue weighted by Gasteiger charge is 2.34. The number of thioether (sulfide) groups is 1. The normalized spacial score (nSPS) is 23.4. The second-order valence-corrected chi connectivity index (χ2v) is 6.74. The van der Waals surface area contributed by atoms with Gasteiger partial charge in [-0.25, -0.2) is 0 Å². The second-order valence-electron chi connectivity index (χ2n) is 5.86. The van der Waals surface area contributed by atoms with E-state index >= 15 is 0 Å². The minimum absolute atomic E-state index is 0.0227. The summed E-state index contributed by atoms with van der Waals surface area (Å²) in [4.78, 5) is 15.5. The number of carbonyl (C=O) groups excluding carboxylic acids is 1. The fourth-order valence-electron chi connectivity index (χ4n) is 2.81. The lowest BCUT2D eigenvalue weighted by Gasteiger charge is -2.41. The smallest absolute Gasteiger partial charge is 0.223 e. The highest BCUT2D eigenvalue weighted by molar-refractivity contribution is 7.98. The van der Waals surface area contributed by atoms with E-state index in [1.165, 1.54) is 4.90 Å². The largest absolute Gasteiger partial charge is 0.334 e. The van der Waals surface area contributed by atoms with E-state index in [2.05, 4.69) is 44.4 Å². The fraction of sp³-hybridized carbons (Fsp3) is 0.562. The summed E-state index contributed by atoms with van der Waals surface area (Å²) >= 11 is 1.73. The molecule has 1 aromatic rings. The van der Waals surface area contributed by atoms with Crippen LogP contribution >= 0.6 is 11.8 Å². The van der Waals surface area contributed by atoms with Gasteiger partial charge in [-0.05, 0) is 36.3 Å². The van der Waals surface area contributed by atoms with Crippen molar-refractivity contribution >= 4 is 17.7 Å². The van der Waals surface area contributed by atoms with Crippen LogP contribution in [0.3, 0.4) is 0 Å². The Morgan fingerprint density at radius 2 is 2.00 bits per heavy atom. The van der Waals surface area contributed by atoms with Gasteiger partial charge in [-0.15, -0.1) is 11.8 Å². The van der Waals surface area contributed by atoms with Crippen LogP contribution in [0.15, 0.2) is 29.2 Å². The molecule has 0 spiro atoms. The van der Waals surface area contributed by atoms with E-state index in [1.54, 1.807) is 11.8 Å². The summed E-state index contributed by atoms with van der Waals surface area (Å²) in [6.45, 7) is 5.06. The number of piperidine rings is 1. The zero-order valence-electron chi connectivity index (χ0n) is 12.5. The molecule has 0 bridgehead atoms. The molecular formula is C16H24N2OS. The van der Waals surface area contributed by atoms with Crippen LogP contribution in [-0.4, -0.2) is 29.6 Å². The molecule has 110 valence electrons. The first-order valence-electron chi connectivity index (χ1n) is 7.22. The van der Waals surface area contributed by atoms with Crippen molar-refractivity contribution in [2.24, 2.45) is 11.7 Å². The van der Waals surface area contributed by atoms with Crippen LogP contribution in [0.1, 0.15) is 38.3 Å². The van der Waals surface area contributed by atoms with Crippen LogP contribution in [0, 0.1) is 5.92 Å². The molecule has 1 aromatic carbocycles. The lowest BCUT2D eigenvalue weighted by Crippen LogP contribution is -2.49. The van der Waals surface area contributed by atoms with Gasteiger partial charge in [0.15, 0.2) is 0 Å². The topological polar surface area (TPSA) is 46.3 Å². The minimum Gasteiger partial charge on any atom is -0.334 e. The summed E-state index contributed by atoms with van der Waals surface area (Å²) in [6, 6.07) is 8.50. The molecule has 20 heavy (non-hydrogen) atoms. The first-order valence-corrected chi connectivity index (χ1v) is 8.44. The molecule has 1 aliphatic heterocycles.